The fourth-order valence-electron chi connectivity index (χ4n) is 3.86. The molecule has 0 spiro atoms. The molecule has 2 unspecified atom stereocenters. The summed E-state index contributed by atoms with van der Waals surface area (Å²) in [6, 6.07) is 24.6. The Morgan fingerprint density at radius 1 is 0.962 bits per heavy atom. The Hall–Kier alpha value is -2.81. The van der Waals surface area contributed by atoms with Crippen molar-refractivity contribution in [1.29, 1.82) is 0 Å². The molecule has 3 aromatic carbocycles. The lowest BCUT2D eigenvalue weighted by Crippen LogP contribution is -2.45. The van der Waals surface area contributed by atoms with Gasteiger partial charge in [-0.3, -0.25) is 0 Å². The monoisotopic (exact) mass is 345 g/mol. The second kappa shape index (κ2) is 7.20. The first-order chi connectivity index (χ1) is 12.7. The van der Waals surface area contributed by atoms with Gasteiger partial charge in [-0.15, -0.1) is 0 Å². The quantitative estimate of drug-likeness (QED) is 0.604. The van der Waals surface area contributed by atoms with Gasteiger partial charge >= 0.3 is 6.09 Å². The Morgan fingerprint density at radius 3 is 2.46 bits per heavy atom. The molecule has 2 atom stereocenters. The second-order valence-corrected chi connectivity index (χ2v) is 7.05. The van der Waals surface area contributed by atoms with Gasteiger partial charge in [-0.2, -0.15) is 0 Å². The first-order valence-corrected chi connectivity index (χ1v) is 9.23. The van der Waals surface area contributed by atoms with Crippen LogP contribution in [0.1, 0.15) is 31.2 Å². The molecule has 3 heteroatoms. The molecule has 132 valence electrons. The van der Waals surface area contributed by atoms with Crippen molar-refractivity contribution in [2.75, 3.05) is 6.54 Å². The number of likely N-dealkylation sites (tertiary alicyclic amines) is 1. The van der Waals surface area contributed by atoms with Crippen molar-refractivity contribution in [2.45, 2.75) is 31.7 Å². The molecule has 0 aromatic heterocycles. The molecule has 1 aliphatic heterocycles. The minimum absolute atomic E-state index is 0.163. The molecule has 1 saturated heterocycles. The predicted octanol–water partition coefficient (Wildman–Crippen LogP) is 5.61. The van der Waals surface area contributed by atoms with Crippen LogP contribution >= 0.6 is 0 Å². The number of carbonyl (C=O) groups is 1. The number of amides is 1. The molecule has 1 heterocycles. The summed E-state index contributed by atoms with van der Waals surface area (Å²) in [6.07, 6.45) is 1.68. The highest BCUT2D eigenvalue weighted by Gasteiger charge is 2.30. The number of ether oxygens (including phenoxy) is 1. The number of benzene rings is 3. The third-order valence-electron chi connectivity index (χ3n) is 5.30. The number of carbonyl (C=O) groups excluding carboxylic acids is 1. The number of hydrogen-bond donors (Lipinski definition) is 0. The molecule has 0 aliphatic carbocycles. The topological polar surface area (TPSA) is 29.5 Å². The van der Waals surface area contributed by atoms with Crippen LogP contribution in [-0.4, -0.2) is 23.6 Å². The van der Waals surface area contributed by atoms with Crippen LogP contribution in [0.5, 0.6) is 5.75 Å². The maximum absolute atomic E-state index is 12.5. The molecule has 1 amide bonds. The lowest BCUT2D eigenvalue weighted by atomic mass is 9.85. The van der Waals surface area contributed by atoms with E-state index in [9.17, 15) is 4.79 Å². The van der Waals surface area contributed by atoms with Gasteiger partial charge in [0.2, 0.25) is 0 Å². The number of fused-ring (bicyclic) bond motifs is 1. The minimum atomic E-state index is -0.249. The van der Waals surface area contributed by atoms with E-state index in [0.717, 1.165) is 19.4 Å². The number of para-hydroxylation sites is 1. The van der Waals surface area contributed by atoms with Crippen LogP contribution in [0, 0.1) is 0 Å². The summed E-state index contributed by atoms with van der Waals surface area (Å²) >= 11 is 0. The van der Waals surface area contributed by atoms with Gasteiger partial charge in [0, 0.05) is 12.6 Å². The molecule has 4 rings (SSSR count). The summed E-state index contributed by atoms with van der Waals surface area (Å²) in [5.41, 5.74) is 1.37. The first kappa shape index (κ1) is 16.6. The summed E-state index contributed by atoms with van der Waals surface area (Å²) in [4.78, 5) is 14.4. The van der Waals surface area contributed by atoms with E-state index in [4.69, 9.17) is 4.74 Å². The Labute approximate surface area is 154 Å². The largest absolute Gasteiger partial charge is 0.415 e. The molecule has 3 aromatic rings. The zero-order valence-corrected chi connectivity index (χ0v) is 15.0. The summed E-state index contributed by atoms with van der Waals surface area (Å²) in [6.45, 7) is 2.84. The zero-order chi connectivity index (χ0) is 17.9. The highest BCUT2D eigenvalue weighted by atomic mass is 16.6. The first-order valence-electron chi connectivity index (χ1n) is 9.23. The van der Waals surface area contributed by atoms with E-state index in [-0.39, 0.29) is 12.1 Å². The van der Waals surface area contributed by atoms with Gasteiger partial charge in [0.1, 0.15) is 5.75 Å². The van der Waals surface area contributed by atoms with Gasteiger partial charge in [-0.1, -0.05) is 60.7 Å². The summed E-state index contributed by atoms with van der Waals surface area (Å²) in [5.74, 6) is 1.08. The van der Waals surface area contributed by atoms with E-state index in [0.29, 0.717) is 11.7 Å². The van der Waals surface area contributed by atoms with E-state index in [1.165, 1.54) is 16.3 Å². The van der Waals surface area contributed by atoms with Crippen LogP contribution in [0.4, 0.5) is 4.79 Å². The predicted molar refractivity (Wildman–Crippen MR) is 105 cm³/mol. The fraction of sp³-hybridized carbons (Fsp3) is 0.261. The molecular weight excluding hydrogens is 322 g/mol. The van der Waals surface area contributed by atoms with Crippen molar-refractivity contribution in [1.82, 2.24) is 4.90 Å². The molecule has 3 nitrogen and oxygen atoms in total. The summed E-state index contributed by atoms with van der Waals surface area (Å²) in [5, 5.41) is 2.55. The summed E-state index contributed by atoms with van der Waals surface area (Å²) < 4.78 is 5.51. The van der Waals surface area contributed by atoms with E-state index in [1.54, 1.807) is 0 Å². The maximum Gasteiger partial charge on any atom is 0.415 e. The van der Waals surface area contributed by atoms with Crippen molar-refractivity contribution in [2.24, 2.45) is 0 Å². The fourth-order valence-corrected chi connectivity index (χ4v) is 3.86. The van der Waals surface area contributed by atoms with Crippen LogP contribution in [0.2, 0.25) is 0 Å². The van der Waals surface area contributed by atoms with Crippen molar-refractivity contribution in [3.05, 3.63) is 78.4 Å². The Morgan fingerprint density at radius 2 is 1.69 bits per heavy atom. The van der Waals surface area contributed by atoms with Crippen molar-refractivity contribution >= 4 is 16.9 Å². The average molecular weight is 345 g/mol. The van der Waals surface area contributed by atoms with E-state index >= 15 is 0 Å². The Balaban J connectivity index is 1.44. The molecule has 26 heavy (non-hydrogen) atoms. The minimum Gasteiger partial charge on any atom is -0.410 e. The standard InChI is InChI=1S/C23H23NO2/c1-17-15-21(20-12-11-18-7-5-6-8-19(18)16-20)13-14-24(17)23(25)26-22-9-3-2-4-10-22/h2-12,16-17,21H,13-15H2,1H3. The maximum atomic E-state index is 12.5. The van der Waals surface area contributed by atoms with Gasteiger partial charge in [0.05, 0.1) is 0 Å². The highest BCUT2D eigenvalue weighted by Crippen LogP contribution is 2.33. The van der Waals surface area contributed by atoms with E-state index < -0.39 is 0 Å². The lowest BCUT2D eigenvalue weighted by molar-refractivity contribution is 0.113. The molecule has 0 saturated carbocycles. The van der Waals surface area contributed by atoms with E-state index in [2.05, 4.69) is 49.4 Å². The van der Waals surface area contributed by atoms with Crippen molar-refractivity contribution < 1.29 is 9.53 Å². The van der Waals surface area contributed by atoms with Crippen LogP contribution in [-0.2, 0) is 0 Å². The second-order valence-electron chi connectivity index (χ2n) is 7.05. The van der Waals surface area contributed by atoms with Crippen LogP contribution in [0.25, 0.3) is 10.8 Å². The van der Waals surface area contributed by atoms with Gasteiger partial charge < -0.3 is 9.64 Å². The van der Waals surface area contributed by atoms with Crippen LogP contribution in [0.3, 0.4) is 0 Å². The third kappa shape index (κ3) is 3.43. The normalized spacial score (nSPS) is 20.1. The van der Waals surface area contributed by atoms with Gasteiger partial charge in [-0.25, -0.2) is 4.79 Å². The van der Waals surface area contributed by atoms with Crippen molar-refractivity contribution in [3.8, 4) is 5.75 Å². The Bertz CT molecular complexity index is 906. The van der Waals surface area contributed by atoms with E-state index in [1.807, 2.05) is 35.2 Å². The summed E-state index contributed by atoms with van der Waals surface area (Å²) in [7, 11) is 0. The van der Waals surface area contributed by atoms with Crippen molar-refractivity contribution in [3.63, 3.8) is 0 Å². The van der Waals surface area contributed by atoms with Crippen LogP contribution < -0.4 is 4.74 Å². The molecule has 1 aliphatic rings. The molecule has 0 bridgehead atoms. The molecular formula is C23H23NO2. The average Bonchev–Trinajstić information content (AvgIpc) is 2.68. The molecule has 1 fully saturated rings. The number of rotatable bonds is 2. The van der Waals surface area contributed by atoms with Gasteiger partial charge in [0.15, 0.2) is 0 Å². The SMILES string of the molecule is CC1CC(c2ccc3ccccc3c2)CCN1C(=O)Oc1ccccc1. The smallest absolute Gasteiger partial charge is 0.410 e. The molecule has 0 N–H and O–H groups in total. The highest BCUT2D eigenvalue weighted by molar-refractivity contribution is 5.83. The lowest BCUT2D eigenvalue weighted by Gasteiger charge is -2.37. The number of hydrogen-bond acceptors (Lipinski definition) is 2. The third-order valence-corrected chi connectivity index (χ3v) is 5.30. The van der Waals surface area contributed by atoms with Gasteiger partial charge in [0.25, 0.3) is 0 Å². The Kier molecular flexibility index (Phi) is 4.61. The van der Waals surface area contributed by atoms with Crippen LogP contribution in [0.15, 0.2) is 72.8 Å². The number of nitrogens with zero attached hydrogens (tertiary/aromatic N) is 1. The van der Waals surface area contributed by atoms with Gasteiger partial charge in [-0.05, 0) is 54.2 Å². The molecule has 0 radical (unpaired) electrons. The number of piperidine rings is 1. The zero-order valence-electron chi connectivity index (χ0n) is 15.0.